The number of benzene rings is 2. The molecule has 22 heavy (non-hydrogen) atoms. The fourth-order valence-corrected chi connectivity index (χ4v) is 2.32. The maximum atomic E-state index is 10.7. The predicted molar refractivity (Wildman–Crippen MR) is 89.6 cm³/mol. The van der Waals surface area contributed by atoms with Gasteiger partial charge < -0.3 is 0 Å². The van der Waals surface area contributed by atoms with Crippen LogP contribution in [0.2, 0.25) is 0 Å². The molecule has 0 amide bonds. The smallest absolute Gasteiger partial charge is 0.258 e. The fourth-order valence-electron chi connectivity index (χ4n) is 1.75. The summed E-state index contributed by atoms with van der Waals surface area (Å²) in [6.45, 7) is 0. The number of nitro benzene ring substituents is 2. The molecule has 0 atom stereocenters. The zero-order chi connectivity index (χ0) is 16.3. The van der Waals surface area contributed by atoms with Crippen molar-refractivity contribution >= 4 is 48.8 Å². The Morgan fingerprint density at radius 3 is 1.41 bits per heavy atom. The van der Waals surface area contributed by atoms with E-state index in [-0.39, 0.29) is 11.4 Å². The van der Waals surface area contributed by atoms with Gasteiger partial charge in [0.2, 0.25) is 0 Å². The third-order valence-electron chi connectivity index (χ3n) is 2.89. The van der Waals surface area contributed by atoms with Crippen molar-refractivity contribution in [3.8, 4) is 0 Å². The summed E-state index contributed by atoms with van der Waals surface area (Å²) in [5.41, 5.74) is 1.32. The molecule has 0 saturated carbocycles. The van der Waals surface area contributed by atoms with Gasteiger partial charge in [-0.1, -0.05) is 12.2 Å². The van der Waals surface area contributed by atoms with Gasteiger partial charge in [-0.2, -0.15) is 0 Å². The van der Waals surface area contributed by atoms with E-state index in [0.717, 1.165) is 0 Å². The van der Waals surface area contributed by atoms with Crippen molar-refractivity contribution in [1.82, 2.24) is 0 Å². The lowest BCUT2D eigenvalue weighted by molar-refractivity contribution is -0.385. The lowest BCUT2D eigenvalue weighted by Gasteiger charge is -2.01. The van der Waals surface area contributed by atoms with Crippen LogP contribution in [-0.2, 0) is 0 Å². The molecule has 0 bridgehead atoms. The Morgan fingerprint density at radius 1 is 0.773 bits per heavy atom. The van der Waals surface area contributed by atoms with Crippen LogP contribution in [0.25, 0.3) is 12.2 Å². The van der Waals surface area contributed by atoms with E-state index in [2.05, 4.69) is 25.3 Å². The van der Waals surface area contributed by atoms with Gasteiger partial charge in [-0.25, -0.2) is 0 Å². The zero-order valence-corrected chi connectivity index (χ0v) is 12.8. The molecule has 2 aromatic rings. The SMILES string of the molecule is O=[N+]([O-])c1ccc(C=Cc2ccc([N+](=O)[O-])cc2S)c(S)c1. The quantitative estimate of drug-likeness (QED) is 0.379. The highest BCUT2D eigenvalue weighted by Gasteiger charge is 2.08. The van der Waals surface area contributed by atoms with Crippen LogP contribution in [0.15, 0.2) is 46.2 Å². The number of nitrogens with zero attached hydrogens (tertiary/aromatic N) is 2. The van der Waals surface area contributed by atoms with Gasteiger partial charge in [-0.15, -0.1) is 25.3 Å². The van der Waals surface area contributed by atoms with E-state index in [9.17, 15) is 20.2 Å². The third-order valence-corrected chi connectivity index (χ3v) is 3.67. The Bertz CT molecular complexity index is 725. The van der Waals surface area contributed by atoms with Crippen molar-refractivity contribution in [3.63, 3.8) is 0 Å². The van der Waals surface area contributed by atoms with Crippen molar-refractivity contribution < 1.29 is 9.85 Å². The van der Waals surface area contributed by atoms with Crippen molar-refractivity contribution in [2.75, 3.05) is 0 Å². The highest BCUT2D eigenvalue weighted by atomic mass is 32.1. The topological polar surface area (TPSA) is 86.3 Å². The van der Waals surface area contributed by atoms with E-state index in [1.165, 1.54) is 24.3 Å². The first kappa shape index (κ1) is 16.1. The summed E-state index contributed by atoms with van der Waals surface area (Å²) in [6, 6.07) is 8.66. The van der Waals surface area contributed by atoms with E-state index < -0.39 is 9.85 Å². The van der Waals surface area contributed by atoms with Gasteiger partial charge in [0.1, 0.15) is 0 Å². The van der Waals surface area contributed by atoms with Gasteiger partial charge in [-0.05, 0) is 23.3 Å². The Balaban J connectivity index is 2.29. The number of thiol groups is 2. The molecule has 0 heterocycles. The molecule has 0 fully saturated rings. The van der Waals surface area contributed by atoms with E-state index in [1.807, 2.05) is 0 Å². The van der Waals surface area contributed by atoms with Crippen LogP contribution in [-0.4, -0.2) is 9.85 Å². The molecule has 2 aromatic carbocycles. The minimum absolute atomic E-state index is 0.0348. The Morgan fingerprint density at radius 2 is 1.14 bits per heavy atom. The summed E-state index contributed by atoms with van der Waals surface area (Å²) in [5, 5.41) is 21.3. The fraction of sp³-hybridized carbons (Fsp3) is 0. The number of nitro groups is 2. The lowest BCUT2D eigenvalue weighted by atomic mass is 10.1. The van der Waals surface area contributed by atoms with Crippen LogP contribution in [0.3, 0.4) is 0 Å². The first-order chi connectivity index (χ1) is 10.4. The number of hydrogen-bond acceptors (Lipinski definition) is 6. The molecule has 0 saturated heterocycles. The van der Waals surface area contributed by atoms with Gasteiger partial charge in [0.15, 0.2) is 0 Å². The third kappa shape index (κ3) is 3.66. The molecule has 2 rings (SSSR count). The summed E-state index contributed by atoms with van der Waals surface area (Å²) in [6.07, 6.45) is 3.43. The molecule has 0 aliphatic carbocycles. The first-order valence-corrected chi connectivity index (χ1v) is 6.91. The van der Waals surface area contributed by atoms with E-state index >= 15 is 0 Å². The van der Waals surface area contributed by atoms with E-state index in [4.69, 9.17) is 0 Å². The van der Waals surface area contributed by atoms with Gasteiger partial charge >= 0.3 is 0 Å². The molecular weight excluding hydrogens is 324 g/mol. The second-order valence-electron chi connectivity index (χ2n) is 4.33. The van der Waals surface area contributed by atoms with Crippen molar-refractivity contribution in [1.29, 1.82) is 0 Å². The van der Waals surface area contributed by atoms with Crippen LogP contribution in [0.5, 0.6) is 0 Å². The zero-order valence-electron chi connectivity index (χ0n) is 11.0. The van der Waals surface area contributed by atoms with Crippen molar-refractivity contribution in [2.45, 2.75) is 9.79 Å². The van der Waals surface area contributed by atoms with Gasteiger partial charge in [0.25, 0.3) is 11.4 Å². The summed E-state index contributed by atoms with van der Waals surface area (Å²) >= 11 is 8.43. The molecular formula is C14H10N2O4S2. The number of hydrogen-bond donors (Lipinski definition) is 2. The summed E-state index contributed by atoms with van der Waals surface area (Å²) < 4.78 is 0. The molecule has 0 radical (unpaired) electrons. The molecule has 0 aliphatic rings. The first-order valence-electron chi connectivity index (χ1n) is 6.01. The highest BCUT2D eigenvalue weighted by Crippen LogP contribution is 2.25. The maximum absolute atomic E-state index is 10.7. The second-order valence-corrected chi connectivity index (χ2v) is 5.30. The summed E-state index contributed by atoms with van der Waals surface area (Å²) in [7, 11) is 0. The maximum Gasteiger partial charge on any atom is 0.270 e. The Kier molecular flexibility index (Phi) is 4.84. The number of rotatable bonds is 4. The largest absolute Gasteiger partial charge is 0.270 e. The average molecular weight is 334 g/mol. The molecule has 0 N–H and O–H groups in total. The monoisotopic (exact) mass is 334 g/mol. The van der Waals surface area contributed by atoms with Crippen LogP contribution >= 0.6 is 25.3 Å². The Hall–Kier alpha value is -2.32. The molecule has 6 nitrogen and oxygen atoms in total. The van der Waals surface area contributed by atoms with Crippen LogP contribution in [0.4, 0.5) is 11.4 Å². The Labute approximate surface area is 136 Å². The average Bonchev–Trinajstić information content (AvgIpc) is 2.46. The summed E-state index contributed by atoms with van der Waals surface area (Å²) in [5.74, 6) is 0. The normalized spacial score (nSPS) is 10.8. The van der Waals surface area contributed by atoms with Gasteiger partial charge in [0, 0.05) is 34.1 Å². The minimum Gasteiger partial charge on any atom is -0.258 e. The molecule has 0 spiro atoms. The van der Waals surface area contributed by atoms with Crippen LogP contribution < -0.4 is 0 Å². The predicted octanol–water partition coefficient (Wildman–Crippen LogP) is 4.25. The van der Waals surface area contributed by atoms with Gasteiger partial charge in [-0.3, -0.25) is 20.2 Å². The second kappa shape index (κ2) is 6.63. The highest BCUT2D eigenvalue weighted by molar-refractivity contribution is 7.80. The molecule has 0 aromatic heterocycles. The van der Waals surface area contributed by atoms with Gasteiger partial charge in [0.05, 0.1) is 9.85 Å². The molecule has 0 aliphatic heterocycles. The van der Waals surface area contributed by atoms with Crippen molar-refractivity contribution in [3.05, 3.63) is 67.8 Å². The number of non-ortho nitro benzene ring substituents is 2. The molecule has 8 heteroatoms. The molecule has 0 unspecified atom stereocenters. The minimum atomic E-state index is -0.491. The summed E-state index contributed by atoms with van der Waals surface area (Å²) in [4.78, 5) is 21.3. The van der Waals surface area contributed by atoms with Crippen LogP contribution in [0.1, 0.15) is 11.1 Å². The van der Waals surface area contributed by atoms with E-state index in [0.29, 0.717) is 20.9 Å². The lowest BCUT2D eigenvalue weighted by Crippen LogP contribution is -1.89. The van der Waals surface area contributed by atoms with Crippen LogP contribution in [0, 0.1) is 20.2 Å². The molecule has 112 valence electrons. The van der Waals surface area contributed by atoms with E-state index in [1.54, 1.807) is 24.3 Å². The van der Waals surface area contributed by atoms with Crippen molar-refractivity contribution in [2.24, 2.45) is 0 Å². The standard InChI is InChI=1S/C14H10N2O4S2/c17-15(18)11-5-3-9(13(21)7-11)1-2-10-4-6-12(16(19)20)8-14(10)22/h1-8,21-22H.